The number of hydrogen-bond donors (Lipinski definition) is 0. The number of anilines is 1. The van der Waals surface area contributed by atoms with Crippen molar-refractivity contribution in [1.82, 2.24) is 25.1 Å². The van der Waals surface area contributed by atoms with Gasteiger partial charge in [-0.15, -0.1) is 5.10 Å². The van der Waals surface area contributed by atoms with Gasteiger partial charge in [-0.25, -0.2) is 9.07 Å². The van der Waals surface area contributed by atoms with Crippen LogP contribution in [-0.4, -0.2) is 51.3 Å². The molecule has 0 unspecified atom stereocenters. The van der Waals surface area contributed by atoms with Crippen LogP contribution in [-0.2, 0) is 6.54 Å². The quantitative estimate of drug-likeness (QED) is 0.468. The highest BCUT2D eigenvalue weighted by atomic mass is 19.1. The molecule has 5 rings (SSSR count). The number of tetrazole rings is 1. The van der Waals surface area contributed by atoms with E-state index in [2.05, 4.69) is 73.9 Å². The Kier molecular flexibility index (Phi) is 5.89. The maximum absolute atomic E-state index is 13.3. The predicted molar refractivity (Wildman–Crippen MR) is 122 cm³/mol. The molecule has 1 fully saturated rings. The van der Waals surface area contributed by atoms with Crippen molar-refractivity contribution < 1.29 is 4.39 Å². The minimum atomic E-state index is -0.246. The lowest BCUT2D eigenvalue weighted by atomic mass is 10.0. The number of nitrogens with zero attached hydrogens (tertiary/aromatic N) is 6. The first-order valence-electron chi connectivity index (χ1n) is 10.9. The molecule has 0 amide bonds. The predicted octanol–water partition coefficient (Wildman–Crippen LogP) is 3.77. The fourth-order valence-corrected chi connectivity index (χ4v) is 4.32. The van der Waals surface area contributed by atoms with Crippen LogP contribution < -0.4 is 4.90 Å². The van der Waals surface area contributed by atoms with Crippen molar-refractivity contribution in [2.45, 2.75) is 12.6 Å². The molecule has 0 radical (unpaired) electrons. The molecule has 0 spiro atoms. The Labute approximate surface area is 186 Å². The third kappa shape index (κ3) is 4.38. The Hall–Kier alpha value is -3.58. The van der Waals surface area contributed by atoms with Gasteiger partial charge in [0.2, 0.25) is 0 Å². The molecule has 1 atom stereocenters. The Bertz CT molecular complexity index is 1120. The molecule has 6 nitrogen and oxygen atoms in total. The topological polar surface area (TPSA) is 50.1 Å². The van der Waals surface area contributed by atoms with Crippen molar-refractivity contribution in [3.05, 3.63) is 108 Å². The number of halogens is 1. The minimum Gasteiger partial charge on any atom is -0.369 e. The third-order valence-electron chi connectivity index (χ3n) is 5.97. The number of benzene rings is 3. The second kappa shape index (κ2) is 9.28. The van der Waals surface area contributed by atoms with Gasteiger partial charge >= 0.3 is 0 Å². The van der Waals surface area contributed by atoms with E-state index in [0.29, 0.717) is 6.54 Å². The summed E-state index contributed by atoms with van der Waals surface area (Å²) >= 11 is 0. The number of piperazine rings is 1. The molecule has 32 heavy (non-hydrogen) atoms. The molecule has 4 aromatic rings. The van der Waals surface area contributed by atoms with Gasteiger partial charge in [-0.05, 0) is 45.8 Å². The zero-order chi connectivity index (χ0) is 21.8. The number of rotatable bonds is 6. The molecule has 0 saturated carbocycles. The normalized spacial score (nSPS) is 15.6. The Morgan fingerprint density at radius 1 is 0.781 bits per heavy atom. The van der Waals surface area contributed by atoms with Crippen molar-refractivity contribution in [3.8, 4) is 0 Å². The Morgan fingerprint density at radius 2 is 1.44 bits per heavy atom. The first kappa shape index (κ1) is 20.3. The molecule has 1 aliphatic heterocycles. The second-order valence-electron chi connectivity index (χ2n) is 7.99. The van der Waals surface area contributed by atoms with Gasteiger partial charge in [-0.2, -0.15) is 0 Å². The highest BCUT2D eigenvalue weighted by molar-refractivity contribution is 5.46. The molecule has 1 aromatic heterocycles. The zero-order valence-electron chi connectivity index (χ0n) is 17.8. The van der Waals surface area contributed by atoms with E-state index in [1.165, 1.54) is 17.8 Å². The van der Waals surface area contributed by atoms with Crippen LogP contribution in [0.15, 0.2) is 84.9 Å². The fourth-order valence-electron chi connectivity index (χ4n) is 4.32. The lowest BCUT2D eigenvalue weighted by molar-refractivity contribution is 0.201. The summed E-state index contributed by atoms with van der Waals surface area (Å²) in [5.41, 5.74) is 3.38. The minimum absolute atomic E-state index is 0.0513. The van der Waals surface area contributed by atoms with E-state index < -0.39 is 0 Å². The van der Waals surface area contributed by atoms with Gasteiger partial charge in [-0.1, -0.05) is 60.7 Å². The van der Waals surface area contributed by atoms with Crippen LogP contribution in [0, 0.1) is 5.82 Å². The van der Waals surface area contributed by atoms with E-state index in [9.17, 15) is 4.39 Å². The van der Waals surface area contributed by atoms with Crippen LogP contribution in [0.4, 0.5) is 10.1 Å². The summed E-state index contributed by atoms with van der Waals surface area (Å²) in [6, 6.07) is 27.4. The highest BCUT2D eigenvalue weighted by Gasteiger charge is 2.30. The Morgan fingerprint density at radius 3 is 2.12 bits per heavy atom. The van der Waals surface area contributed by atoms with Crippen molar-refractivity contribution >= 4 is 5.69 Å². The first-order chi connectivity index (χ1) is 15.8. The summed E-state index contributed by atoms with van der Waals surface area (Å²) in [6.45, 7) is 4.17. The van der Waals surface area contributed by atoms with Gasteiger partial charge in [0, 0.05) is 31.9 Å². The first-order valence-corrected chi connectivity index (χ1v) is 10.9. The van der Waals surface area contributed by atoms with Crippen LogP contribution in [0.5, 0.6) is 0 Å². The monoisotopic (exact) mass is 428 g/mol. The number of para-hydroxylation sites is 1. The molecule has 0 aliphatic carbocycles. The second-order valence-corrected chi connectivity index (χ2v) is 7.99. The van der Waals surface area contributed by atoms with Crippen molar-refractivity contribution in [2.24, 2.45) is 0 Å². The van der Waals surface area contributed by atoms with E-state index in [1.54, 1.807) is 12.1 Å². The zero-order valence-corrected chi connectivity index (χ0v) is 17.8. The Balaban J connectivity index is 1.41. The smallest absolute Gasteiger partial charge is 0.173 e. The van der Waals surface area contributed by atoms with Crippen LogP contribution in [0.3, 0.4) is 0 Å². The summed E-state index contributed by atoms with van der Waals surface area (Å²) < 4.78 is 15.2. The van der Waals surface area contributed by atoms with E-state index in [4.69, 9.17) is 0 Å². The van der Waals surface area contributed by atoms with Gasteiger partial charge in [0.15, 0.2) is 5.82 Å². The average Bonchev–Trinajstić information content (AvgIpc) is 3.30. The van der Waals surface area contributed by atoms with Crippen LogP contribution in [0.1, 0.15) is 23.0 Å². The largest absolute Gasteiger partial charge is 0.369 e. The summed E-state index contributed by atoms with van der Waals surface area (Å²) in [4.78, 5) is 4.86. The third-order valence-corrected chi connectivity index (χ3v) is 5.97. The molecule has 0 N–H and O–H groups in total. The summed E-state index contributed by atoms with van der Waals surface area (Å²) in [5.74, 6) is 0.554. The summed E-state index contributed by atoms with van der Waals surface area (Å²) in [6.07, 6.45) is 0. The summed E-state index contributed by atoms with van der Waals surface area (Å²) in [5, 5.41) is 12.7. The number of hydrogen-bond acceptors (Lipinski definition) is 5. The molecule has 2 heterocycles. The molecule has 0 bridgehead atoms. The van der Waals surface area contributed by atoms with E-state index in [1.807, 2.05) is 16.8 Å². The van der Waals surface area contributed by atoms with Gasteiger partial charge in [0.25, 0.3) is 0 Å². The maximum Gasteiger partial charge on any atom is 0.173 e. The molecule has 7 heteroatoms. The molecule has 1 aliphatic rings. The van der Waals surface area contributed by atoms with Crippen LogP contribution in [0.25, 0.3) is 0 Å². The van der Waals surface area contributed by atoms with Crippen LogP contribution >= 0.6 is 0 Å². The van der Waals surface area contributed by atoms with Crippen molar-refractivity contribution in [2.75, 3.05) is 31.1 Å². The number of aromatic nitrogens is 4. The van der Waals surface area contributed by atoms with Crippen molar-refractivity contribution in [3.63, 3.8) is 0 Å². The molecular formula is C25H25FN6. The lowest BCUT2D eigenvalue weighted by Gasteiger charge is -2.39. The summed E-state index contributed by atoms with van der Waals surface area (Å²) in [7, 11) is 0. The van der Waals surface area contributed by atoms with Gasteiger partial charge in [-0.3, -0.25) is 4.90 Å². The fraction of sp³-hybridized carbons (Fsp3) is 0.240. The van der Waals surface area contributed by atoms with E-state index >= 15 is 0 Å². The highest BCUT2D eigenvalue weighted by Crippen LogP contribution is 2.29. The average molecular weight is 429 g/mol. The van der Waals surface area contributed by atoms with E-state index in [0.717, 1.165) is 43.1 Å². The van der Waals surface area contributed by atoms with Gasteiger partial charge in [0.05, 0.1) is 12.6 Å². The molecule has 162 valence electrons. The van der Waals surface area contributed by atoms with Crippen LogP contribution in [0.2, 0.25) is 0 Å². The van der Waals surface area contributed by atoms with Gasteiger partial charge < -0.3 is 4.90 Å². The molecule has 3 aromatic carbocycles. The maximum atomic E-state index is 13.3. The SMILES string of the molecule is Fc1ccc(Cn2nnnc2[C@@H](c2ccccc2)N2CCN(c3ccccc3)CC2)cc1. The molecule has 1 saturated heterocycles. The standard InChI is InChI=1S/C25H25FN6/c26-22-13-11-20(12-14-22)19-32-25(27-28-29-32)24(21-7-3-1-4-8-21)31-17-15-30(16-18-31)23-9-5-2-6-10-23/h1-14,24H,15-19H2/t24-/m1/s1. The van der Waals surface area contributed by atoms with Gasteiger partial charge in [0.1, 0.15) is 5.82 Å². The van der Waals surface area contributed by atoms with E-state index in [-0.39, 0.29) is 11.9 Å². The van der Waals surface area contributed by atoms with Crippen molar-refractivity contribution in [1.29, 1.82) is 0 Å². The molecular weight excluding hydrogens is 403 g/mol. The lowest BCUT2D eigenvalue weighted by Crippen LogP contribution is -2.48.